The van der Waals surface area contributed by atoms with Crippen molar-refractivity contribution in [2.75, 3.05) is 4.90 Å². The van der Waals surface area contributed by atoms with Crippen LogP contribution in [0.2, 0.25) is 0 Å². The third kappa shape index (κ3) is 6.34. The van der Waals surface area contributed by atoms with Crippen molar-refractivity contribution in [3.8, 4) is 11.5 Å². The van der Waals surface area contributed by atoms with E-state index in [1.54, 1.807) is 60.7 Å². The number of hydrogen-bond acceptors (Lipinski definition) is 7. The molecule has 42 heavy (non-hydrogen) atoms. The zero-order valence-corrected chi connectivity index (χ0v) is 22.5. The predicted molar refractivity (Wildman–Crippen MR) is 155 cm³/mol. The number of nitrogens with zero attached hydrogens (tertiary/aromatic N) is 2. The summed E-state index contributed by atoms with van der Waals surface area (Å²) in [4.78, 5) is 50.3. The third-order valence-electron chi connectivity index (χ3n) is 6.46. The number of ether oxygens (including phenoxy) is 2. The van der Waals surface area contributed by atoms with Crippen molar-refractivity contribution in [3.05, 3.63) is 135 Å². The molecule has 5 rings (SSSR count). The maximum absolute atomic E-state index is 13.4. The van der Waals surface area contributed by atoms with E-state index in [4.69, 9.17) is 9.47 Å². The normalized spacial score (nSPS) is 14.1. The van der Waals surface area contributed by atoms with E-state index in [0.29, 0.717) is 29.2 Å². The second kappa shape index (κ2) is 12.2. The van der Waals surface area contributed by atoms with Crippen LogP contribution in [0.5, 0.6) is 11.5 Å². The zero-order chi connectivity index (χ0) is 29.6. The molecule has 0 aromatic heterocycles. The third-order valence-corrected chi connectivity index (χ3v) is 6.46. The number of carbonyl (C=O) groups is 3. The number of carbonyl (C=O) groups excluding carboxylic acids is 3. The number of barbiturate groups is 1. The number of para-hydroxylation sites is 1. The zero-order valence-electron chi connectivity index (χ0n) is 22.5. The van der Waals surface area contributed by atoms with Gasteiger partial charge in [-0.2, -0.15) is 0 Å². The Kier molecular flexibility index (Phi) is 8.05. The van der Waals surface area contributed by atoms with Gasteiger partial charge in [0, 0.05) is 17.7 Å². The Morgan fingerprint density at radius 3 is 2.29 bits per heavy atom. The summed E-state index contributed by atoms with van der Waals surface area (Å²) in [6, 6.07) is 26.2. The fourth-order valence-electron chi connectivity index (χ4n) is 4.24. The molecule has 0 bridgehead atoms. The minimum atomic E-state index is -0.870. The fourth-order valence-corrected chi connectivity index (χ4v) is 4.24. The molecule has 4 aromatic rings. The minimum absolute atomic E-state index is 0.0188. The number of hydrogen-bond donors (Lipinski definition) is 1. The summed E-state index contributed by atoms with van der Waals surface area (Å²) < 4.78 is 11.7. The van der Waals surface area contributed by atoms with Crippen LogP contribution in [-0.2, 0) is 22.8 Å². The maximum Gasteiger partial charge on any atom is 0.335 e. The highest BCUT2D eigenvalue weighted by molar-refractivity contribution is 6.39. The van der Waals surface area contributed by atoms with E-state index in [-0.39, 0.29) is 23.6 Å². The number of urea groups is 1. The molecule has 10 nitrogen and oxygen atoms in total. The van der Waals surface area contributed by atoms with Crippen LogP contribution in [0.4, 0.5) is 16.2 Å². The molecule has 1 N–H and O–H groups in total. The standard InChI is InChI=1S/C32H25N3O7/c1-21-9-11-22(12-10-21)19-41-27-15-13-25(14-16-27)34-31(37)28(30(36)33-32(34)38)18-24-6-2-3-8-29(24)42-20-23-5-4-7-26(17-23)35(39)40/h2-18H,19-20H2,1H3,(H,33,36,38)/b28-18+. The molecule has 4 amide bonds. The number of nitro benzene ring substituents is 1. The number of benzene rings is 4. The van der Waals surface area contributed by atoms with E-state index in [2.05, 4.69) is 5.32 Å². The van der Waals surface area contributed by atoms with Gasteiger partial charge in [0.2, 0.25) is 0 Å². The molecule has 1 aliphatic heterocycles. The van der Waals surface area contributed by atoms with Crippen LogP contribution in [-0.4, -0.2) is 22.8 Å². The van der Waals surface area contributed by atoms with Gasteiger partial charge in [-0.05, 0) is 54.5 Å². The first-order chi connectivity index (χ1) is 20.3. The molecule has 1 aliphatic rings. The first kappa shape index (κ1) is 27.8. The number of amides is 4. The Balaban J connectivity index is 1.33. The highest BCUT2D eigenvalue weighted by atomic mass is 16.6. The van der Waals surface area contributed by atoms with Gasteiger partial charge in [-0.3, -0.25) is 25.0 Å². The summed E-state index contributed by atoms with van der Waals surface area (Å²) in [6.07, 6.45) is 1.35. The first-order valence-corrected chi connectivity index (χ1v) is 12.9. The average molecular weight is 564 g/mol. The van der Waals surface area contributed by atoms with Crippen LogP contribution in [0, 0.1) is 17.0 Å². The summed E-state index contributed by atoms with van der Waals surface area (Å²) in [5.74, 6) is -0.750. The van der Waals surface area contributed by atoms with Crippen molar-refractivity contribution in [1.29, 1.82) is 0 Å². The highest BCUT2D eigenvalue weighted by Gasteiger charge is 2.37. The molecule has 10 heteroatoms. The second-order valence-corrected chi connectivity index (χ2v) is 9.48. The molecule has 1 heterocycles. The van der Waals surface area contributed by atoms with Crippen molar-refractivity contribution < 1.29 is 28.8 Å². The van der Waals surface area contributed by atoms with Crippen molar-refractivity contribution in [2.24, 2.45) is 0 Å². The van der Waals surface area contributed by atoms with Gasteiger partial charge < -0.3 is 9.47 Å². The van der Waals surface area contributed by atoms with Gasteiger partial charge in [0.25, 0.3) is 17.5 Å². The molecule has 0 atom stereocenters. The lowest BCUT2D eigenvalue weighted by molar-refractivity contribution is -0.384. The molecule has 1 fully saturated rings. The molecule has 0 unspecified atom stereocenters. The Bertz CT molecular complexity index is 1700. The van der Waals surface area contributed by atoms with E-state index in [9.17, 15) is 24.5 Å². The van der Waals surface area contributed by atoms with Gasteiger partial charge in [0.05, 0.1) is 10.6 Å². The van der Waals surface area contributed by atoms with E-state index >= 15 is 0 Å². The number of aryl methyl sites for hydroxylation is 1. The monoisotopic (exact) mass is 563 g/mol. The molecule has 0 saturated carbocycles. The lowest BCUT2D eigenvalue weighted by atomic mass is 10.1. The SMILES string of the molecule is Cc1ccc(COc2ccc(N3C(=O)NC(=O)/C(=C\c4ccccc4OCc4cccc([N+](=O)[O-])c4)C3=O)cc2)cc1. The summed E-state index contributed by atoms with van der Waals surface area (Å²) in [5, 5.41) is 13.3. The van der Waals surface area contributed by atoms with Gasteiger partial charge >= 0.3 is 6.03 Å². The second-order valence-electron chi connectivity index (χ2n) is 9.48. The van der Waals surface area contributed by atoms with Crippen LogP contribution in [0.3, 0.4) is 0 Å². The number of rotatable bonds is 9. The van der Waals surface area contributed by atoms with Crippen LogP contribution in [0.15, 0.2) is 103 Å². The van der Waals surface area contributed by atoms with Crippen LogP contribution >= 0.6 is 0 Å². The maximum atomic E-state index is 13.4. The minimum Gasteiger partial charge on any atom is -0.489 e. The van der Waals surface area contributed by atoms with Gasteiger partial charge in [-0.25, -0.2) is 9.69 Å². The predicted octanol–water partition coefficient (Wildman–Crippen LogP) is 5.73. The molecule has 0 radical (unpaired) electrons. The largest absolute Gasteiger partial charge is 0.489 e. The van der Waals surface area contributed by atoms with Gasteiger partial charge in [0.15, 0.2) is 0 Å². The molecular formula is C32H25N3O7. The number of anilines is 1. The molecule has 210 valence electrons. The van der Waals surface area contributed by atoms with E-state index in [1.807, 2.05) is 31.2 Å². The van der Waals surface area contributed by atoms with E-state index in [0.717, 1.165) is 16.0 Å². The van der Waals surface area contributed by atoms with Crippen molar-refractivity contribution in [2.45, 2.75) is 20.1 Å². The van der Waals surface area contributed by atoms with Crippen LogP contribution in [0.25, 0.3) is 6.08 Å². The lowest BCUT2D eigenvalue weighted by Gasteiger charge is -2.26. The average Bonchev–Trinajstić information content (AvgIpc) is 2.99. The van der Waals surface area contributed by atoms with Gasteiger partial charge in [0.1, 0.15) is 30.3 Å². The van der Waals surface area contributed by atoms with Gasteiger partial charge in [-0.1, -0.05) is 60.2 Å². The Hall–Kier alpha value is -5.77. The van der Waals surface area contributed by atoms with Crippen molar-refractivity contribution in [3.63, 3.8) is 0 Å². The summed E-state index contributed by atoms with van der Waals surface area (Å²) in [7, 11) is 0. The topological polar surface area (TPSA) is 128 Å². The first-order valence-electron chi connectivity index (χ1n) is 12.9. The van der Waals surface area contributed by atoms with Crippen LogP contribution < -0.4 is 19.7 Å². The van der Waals surface area contributed by atoms with E-state index < -0.39 is 22.8 Å². The lowest BCUT2D eigenvalue weighted by Crippen LogP contribution is -2.54. The summed E-state index contributed by atoms with van der Waals surface area (Å²) in [6.45, 7) is 2.38. The van der Waals surface area contributed by atoms with Crippen molar-refractivity contribution >= 4 is 35.3 Å². The molecule has 4 aromatic carbocycles. The molecule has 0 spiro atoms. The molecular weight excluding hydrogens is 538 g/mol. The van der Waals surface area contributed by atoms with Crippen LogP contribution in [0.1, 0.15) is 22.3 Å². The number of imide groups is 2. The number of nitro groups is 1. The Morgan fingerprint density at radius 1 is 0.833 bits per heavy atom. The quantitative estimate of drug-likeness (QED) is 0.119. The number of nitrogens with one attached hydrogen (secondary N) is 1. The van der Waals surface area contributed by atoms with E-state index in [1.165, 1.54) is 18.2 Å². The highest BCUT2D eigenvalue weighted by Crippen LogP contribution is 2.28. The van der Waals surface area contributed by atoms with Gasteiger partial charge in [-0.15, -0.1) is 0 Å². The Labute approximate surface area is 241 Å². The Morgan fingerprint density at radius 2 is 1.55 bits per heavy atom. The summed E-state index contributed by atoms with van der Waals surface area (Å²) in [5.41, 5.74) is 3.06. The summed E-state index contributed by atoms with van der Waals surface area (Å²) >= 11 is 0. The fraction of sp³-hybridized carbons (Fsp3) is 0.0938. The smallest absolute Gasteiger partial charge is 0.335 e. The molecule has 0 aliphatic carbocycles. The molecule has 1 saturated heterocycles. The van der Waals surface area contributed by atoms with Crippen molar-refractivity contribution in [1.82, 2.24) is 5.32 Å². The number of non-ortho nitro benzene ring substituents is 1.